The fourth-order valence-corrected chi connectivity index (χ4v) is 7.71. The standard InChI is InChI=1S/C30H29N7O4/c31-9-7-26(17-1-2-17)36-16-21(15-33-36)25-8-10-32-29(35-25)34-24-5-3-18(4-6-24)28(39)30(37(40)41)22-11-19-12-23(30)14-20(13-22)27(19)38/h3-6,8,10,15-17,19-20,22-23,26H,1-2,7,11-14H2,(H,32,34,35). The number of nitriles is 1. The quantitative estimate of drug-likeness (QED) is 0.224. The predicted octanol–water partition coefficient (Wildman–Crippen LogP) is 4.78. The molecular weight excluding hydrogens is 522 g/mol. The molecule has 5 fully saturated rings. The molecule has 2 aromatic heterocycles. The van der Waals surface area contributed by atoms with E-state index in [1.807, 2.05) is 10.9 Å². The molecule has 11 heteroatoms. The zero-order chi connectivity index (χ0) is 28.3. The Morgan fingerprint density at radius 1 is 1.15 bits per heavy atom. The van der Waals surface area contributed by atoms with Gasteiger partial charge in [0.25, 0.3) is 5.54 Å². The van der Waals surface area contributed by atoms with E-state index in [4.69, 9.17) is 0 Å². The normalized spacial score (nSPS) is 28.7. The van der Waals surface area contributed by atoms with Gasteiger partial charge >= 0.3 is 0 Å². The van der Waals surface area contributed by atoms with Gasteiger partial charge < -0.3 is 5.32 Å². The van der Waals surface area contributed by atoms with Crippen LogP contribution in [0.5, 0.6) is 0 Å². The summed E-state index contributed by atoms with van der Waals surface area (Å²) < 4.78 is 1.86. The van der Waals surface area contributed by atoms with Crippen molar-refractivity contribution in [3.05, 3.63) is 64.6 Å². The van der Waals surface area contributed by atoms with Crippen molar-refractivity contribution in [2.45, 2.75) is 56.5 Å². The molecule has 8 rings (SSSR count). The molecule has 4 bridgehead atoms. The molecule has 0 spiro atoms. The number of anilines is 2. The number of rotatable bonds is 9. The van der Waals surface area contributed by atoms with Gasteiger partial charge in [0, 0.05) is 57.8 Å². The summed E-state index contributed by atoms with van der Waals surface area (Å²) in [6.45, 7) is 0. The monoisotopic (exact) mass is 551 g/mol. The Balaban J connectivity index is 1.08. The van der Waals surface area contributed by atoms with E-state index in [1.165, 1.54) is 0 Å². The third-order valence-electron chi connectivity index (χ3n) is 9.75. The van der Waals surface area contributed by atoms with E-state index in [0.717, 1.165) is 18.4 Å². The summed E-state index contributed by atoms with van der Waals surface area (Å²) in [5.74, 6) is -0.430. The van der Waals surface area contributed by atoms with Crippen LogP contribution in [0.4, 0.5) is 11.6 Å². The van der Waals surface area contributed by atoms with Crippen molar-refractivity contribution in [2.24, 2.45) is 29.6 Å². The molecule has 1 N–H and O–H groups in total. The van der Waals surface area contributed by atoms with Gasteiger partial charge in [-0.1, -0.05) is 0 Å². The Bertz CT molecular complexity index is 1550. The fourth-order valence-electron chi connectivity index (χ4n) is 7.71. The number of nitrogens with one attached hydrogen (secondary N) is 1. The first-order chi connectivity index (χ1) is 19.9. The summed E-state index contributed by atoms with van der Waals surface area (Å²) in [5.41, 5.74) is 0.789. The number of hydrogen-bond donors (Lipinski definition) is 1. The number of ketones is 2. The second-order valence-corrected chi connectivity index (χ2v) is 12.0. The van der Waals surface area contributed by atoms with Crippen molar-refractivity contribution in [3.63, 3.8) is 0 Å². The number of benzene rings is 1. The Morgan fingerprint density at radius 2 is 1.83 bits per heavy atom. The maximum Gasteiger partial charge on any atom is 0.289 e. The van der Waals surface area contributed by atoms with Crippen molar-refractivity contribution in [1.29, 1.82) is 5.26 Å². The molecule has 1 aromatic carbocycles. The lowest BCUT2D eigenvalue weighted by molar-refractivity contribution is -0.580. The van der Waals surface area contributed by atoms with E-state index in [0.29, 0.717) is 60.9 Å². The van der Waals surface area contributed by atoms with Gasteiger partial charge in [0.05, 0.1) is 30.4 Å². The predicted molar refractivity (Wildman–Crippen MR) is 146 cm³/mol. The minimum Gasteiger partial charge on any atom is -0.324 e. The Labute approximate surface area is 236 Å². The highest BCUT2D eigenvalue weighted by Crippen LogP contribution is 2.59. The molecule has 0 aliphatic heterocycles. The Kier molecular flexibility index (Phi) is 5.96. The zero-order valence-electron chi connectivity index (χ0n) is 22.3. The number of hydrogen-bond acceptors (Lipinski definition) is 9. The van der Waals surface area contributed by atoms with Crippen molar-refractivity contribution >= 4 is 23.2 Å². The first kappa shape index (κ1) is 25.5. The smallest absolute Gasteiger partial charge is 0.289 e. The van der Waals surface area contributed by atoms with Crippen LogP contribution < -0.4 is 5.32 Å². The number of Topliss-reactive ketones (excluding diaryl/α,β-unsaturated/α-hetero) is 2. The lowest BCUT2D eigenvalue weighted by atomic mass is 9.47. The van der Waals surface area contributed by atoms with E-state index in [1.54, 1.807) is 42.7 Å². The van der Waals surface area contributed by atoms with Crippen LogP contribution in [-0.4, -0.2) is 41.8 Å². The third-order valence-corrected chi connectivity index (χ3v) is 9.75. The zero-order valence-corrected chi connectivity index (χ0v) is 22.3. The van der Waals surface area contributed by atoms with Crippen LogP contribution in [0.25, 0.3) is 11.3 Å². The molecule has 1 unspecified atom stereocenters. The maximum atomic E-state index is 13.8. The van der Waals surface area contributed by atoms with Crippen LogP contribution in [0.2, 0.25) is 0 Å². The molecule has 5 aliphatic carbocycles. The van der Waals surface area contributed by atoms with Crippen LogP contribution >= 0.6 is 0 Å². The topological polar surface area (TPSA) is 157 Å². The van der Waals surface area contributed by atoms with Gasteiger partial charge in [-0.05, 0) is 74.8 Å². The van der Waals surface area contributed by atoms with Crippen molar-refractivity contribution in [2.75, 3.05) is 5.32 Å². The molecule has 5 aliphatic rings. The van der Waals surface area contributed by atoms with E-state index < -0.39 is 23.2 Å². The highest BCUT2D eigenvalue weighted by atomic mass is 16.6. The van der Waals surface area contributed by atoms with Gasteiger partial charge in [-0.3, -0.25) is 24.4 Å². The summed E-state index contributed by atoms with van der Waals surface area (Å²) in [7, 11) is 0. The van der Waals surface area contributed by atoms with Gasteiger partial charge in [0.2, 0.25) is 11.7 Å². The van der Waals surface area contributed by atoms with Crippen molar-refractivity contribution < 1.29 is 14.5 Å². The first-order valence-corrected chi connectivity index (χ1v) is 14.2. The van der Waals surface area contributed by atoms with E-state index in [-0.39, 0.29) is 28.6 Å². The highest BCUT2D eigenvalue weighted by Gasteiger charge is 2.71. The minimum atomic E-state index is -1.66. The molecule has 208 valence electrons. The Hall–Kier alpha value is -4.46. The van der Waals surface area contributed by atoms with E-state index in [9.17, 15) is 25.0 Å². The fraction of sp³-hybridized carbons (Fsp3) is 0.467. The second-order valence-electron chi connectivity index (χ2n) is 12.0. The van der Waals surface area contributed by atoms with Gasteiger partial charge in [0.1, 0.15) is 5.78 Å². The first-order valence-electron chi connectivity index (χ1n) is 14.2. The lowest BCUT2D eigenvalue weighted by Crippen LogP contribution is -2.67. The van der Waals surface area contributed by atoms with Gasteiger partial charge in [0.15, 0.2) is 0 Å². The molecule has 5 saturated carbocycles. The SMILES string of the molecule is N#CCC(C1CC1)n1cc(-c2ccnc(Nc3ccc(C(=O)C4([N+](=O)[O-])C5CC6CC4CC(C5)C6=O)cc3)n2)cn1. The largest absolute Gasteiger partial charge is 0.324 e. The molecule has 11 nitrogen and oxygen atoms in total. The molecule has 0 saturated heterocycles. The van der Waals surface area contributed by atoms with Crippen LogP contribution in [0.3, 0.4) is 0 Å². The van der Waals surface area contributed by atoms with E-state index >= 15 is 0 Å². The second kappa shape index (κ2) is 9.58. The molecular formula is C30H29N7O4. The van der Waals surface area contributed by atoms with Crippen LogP contribution in [0.1, 0.15) is 61.3 Å². The Morgan fingerprint density at radius 3 is 2.44 bits per heavy atom. The molecule has 1 atom stereocenters. The summed E-state index contributed by atoms with van der Waals surface area (Å²) in [5, 5.41) is 29.4. The maximum absolute atomic E-state index is 13.8. The molecule has 3 aromatic rings. The molecule has 41 heavy (non-hydrogen) atoms. The van der Waals surface area contributed by atoms with Crippen LogP contribution in [0, 0.1) is 51.0 Å². The van der Waals surface area contributed by atoms with Gasteiger partial charge in [-0.25, -0.2) is 9.97 Å². The summed E-state index contributed by atoms with van der Waals surface area (Å²) >= 11 is 0. The van der Waals surface area contributed by atoms with Crippen molar-refractivity contribution in [3.8, 4) is 17.3 Å². The number of nitrogens with zero attached hydrogens (tertiary/aromatic N) is 6. The van der Waals surface area contributed by atoms with E-state index in [2.05, 4.69) is 26.5 Å². The average molecular weight is 552 g/mol. The third kappa shape index (κ3) is 4.12. The summed E-state index contributed by atoms with van der Waals surface area (Å²) in [6.07, 6.45) is 9.69. The number of nitro groups is 1. The highest BCUT2D eigenvalue weighted by molar-refractivity contribution is 6.04. The molecule has 2 heterocycles. The molecule has 0 radical (unpaired) electrons. The van der Waals surface area contributed by atoms with Crippen molar-refractivity contribution in [1.82, 2.24) is 19.7 Å². The summed E-state index contributed by atoms with van der Waals surface area (Å²) in [6, 6.07) is 10.8. The van der Waals surface area contributed by atoms with Crippen LogP contribution in [-0.2, 0) is 4.79 Å². The van der Waals surface area contributed by atoms with Gasteiger partial charge in [-0.15, -0.1) is 0 Å². The summed E-state index contributed by atoms with van der Waals surface area (Å²) in [4.78, 5) is 47.4. The van der Waals surface area contributed by atoms with Gasteiger partial charge in [-0.2, -0.15) is 10.4 Å². The number of aromatic nitrogens is 4. The number of carbonyl (C=O) groups excluding carboxylic acids is 2. The average Bonchev–Trinajstić information content (AvgIpc) is 3.69. The van der Waals surface area contributed by atoms with Crippen LogP contribution in [0.15, 0.2) is 48.9 Å². The number of carbonyl (C=O) groups is 2. The lowest BCUT2D eigenvalue weighted by Gasteiger charge is -2.54. The minimum absolute atomic E-state index is 0.0743. The molecule has 0 amide bonds.